The molecule has 3 aromatic rings. The predicted octanol–water partition coefficient (Wildman–Crippen LogP) is 4.23. The van der Waals surface area contributed by atoms with Gasteiger partial charge < -0.3 is 39.1 Å². The van der Waals surface area contributed by atoms with Gasteiger partial charge in [0, 0.05) is 37.9 Å². The average Bonchev–Trinajstić information content (AvgIpc) is 3.47. The van der Waals surface area contributed by atoms with Crippen molar-refractivity contribution in [2.75, 3.05) is 45.0 Å². The summed E-state index contributed by atoms with van der Waals surface area (Å²) in [4.78, 5) is 51.2. The number of ether oxygens (including phenoxy) is 6. The van der Waals surface area contributed by atoms with Crippen LogP contribution >= 0.6 is 0 Å². The molecular formula is C35H47N7O9. The molecule has 1 atom stereocenters. The summed E-state index contributed by atoms with van der Waals surface area (Å²) in [5.74, 6) is 0.352. The zero-order chi connectivity index (χ0) is 37.0. The van der Waals surface area contributed by atoms with E-state index in [1.165, 1.54) is 6.20 Å². The molecule has 16 heteroatoms. The zero-order valence-electron chi connectivity index (χ0n) is 30.0. The Bertz CT molecular complexity index is 1670. The van der Waals surface area contributed by atoms with Crippen molar-refractivity contribution in [1.82, 2.24) is 24.8 Å². The number of nitriles is 1. The van der Waals surface area contributed by atoms with Gasteiger partial charge in [0.1, 0.15) is 54.2 Å². The van der Waals surface area contributed by atoms with Crippen LogP contribution in [-0.2, 0) is 33.3 Å². The molecule has 0 spiro atoms. The number of amides is 1. The summed E-state index contributed by atoms with van der Waals surface area (Å²) in [6, 6.07) is 6.28. The summed E-state index contributed by atoms with van der Waals surface area (Å²) in [5, 5.41) is 15.1. The molecule has 1 unspecified atom stereocenters. The first-order chi connectivity index (χ1) is 24.2. The monoisotopic (exact) mass is 709 g/mol. The molecule has 1 fully saturated rings. The number of anilines is 1. The maximum atomic E-state index is 12.9. The molecule has 0 aliphatic carbocycles. The van der Waals surface area contributed by atoms with Gasteiger partial charge >= 0.3 is 18.0 Å². The fourth-order valence-electron chi connectivity index (χ4n) is 4.90. The molecule has 0 radical (unpaired) electrons. The van der Waals surface area contributed by atoms with Crippen LogP contribution in [0.1, 0.15) is 72.8 Å². The maximum absolute atomic E-state index is 12.9. The molecule has 1 aliphatic rings. The molecule has 0 bridgehead atoms. The largest absolute Gasteiger partial charge is 0.487 e. The van der Waals surface area contributed by atoms with E-state index in [1.54, 1.807) is 70.6 Å². The highest BCUT2D eigenvalue weighted by Crippen LogP contribution is 2.29. The number of pyridine rings is 2. The van der Waals surface area contributed by atoms with Gasteiger partial charge in [0.25, 0.3) is 0 Å². The highest BCUT2D eigenvalue weighted by molar-refractivity contribution is 5.82. The van der Waals surface area contributed by atoms with Crippen LogP contribution < -0.4 is 15.4 Å². The number of alkyl carbamates (subject to hydrolysis) is 1. The molecule has 0 saturated carbocycles. The van der Waals surface area contributed by atoms with Crippen LogP contribution in [0.4, 0.5) is 10.6 Å². The molecule has 4 heterocycles. The smallest absolute Gasteiger partial charge is 0.408 e. The Hall–Kier alpha value is -5.01. The number of carbonyl (C=O) groups excluding carboxylic acids is 3. The van der Waals surface area contributed by atoms with Crippen LogP contribution in [0.3, 0.4) is 0 Å². The summed E-state index contributed by atoms with van der Waals surface area (Å²) in [6.07, 6.45) is 3.78. The van der Waals surface area contributed by atoms with E-state index in [0.29, 0.717) is 47.3 Å². The highest BCUT2D eigenvalue weighted by Gasteiger charge is 2.27. The van der Waals surface area contributed by atoms with E-state index in [9.17, 15) is 14.4 Å². The Morgan fingerprint density at radius 1 is 1.02 bits per heavy atom. The molecule has 276 valence electrons. The fraction of sp³-hybridized carbons (Fsp3) is 0.571. The van der Waals surface area contributed by atoms with Gasteiger partial charge in [-0.3, -0.25) is 9.36 Å². The van der Waals surface area contributed by atoms with Crippen molar-refractivity contribution in [2.24, 2.45) is 0 Å². The molecule has 3 aromatic heterocycles. The first kappa shape index (κ1) is 38.8. The summed E-state index contributed by atoms with van der Waals surface area (Å²) >= 11 is 0. The van der Waals surface area contributed by atoms with Crippen LogP contribution in [0.5, 0.6) is 5.75 Å². The number of nitrogens with one attached hydrogen (secondary N) is 2. The van der Waals surface area contributed by atoms with Crippen molar-refractivity contribution in [3.63, 3.8) is 0 Å². The molecule has 4 rings (SSSR count). The lowest BCUT2D eigenvalue weighted by molar-refractivity contribution is -0.155. The number of rotatable bonds is 15. The normalized spacial score (nSPS) is 14.3. The molecule has 0 aromatic carbocycles. The second-order valence-corrected chi connectivity index (χ2v) is 13.8. The summed E-state index contributed by atoms with van der Waals surface area (Å²) in [7, 11) is 0. The van der Waals surface area contributed by atoms with Crippen LogP contribution in [-0.4, -0.2) is 100 Å². The Morgan fingerprint density at radius 2 is 1.75 bits per heavy atom. The SMILES string of the molecule is CC(C)(C)OC(=O)CCC(NC(=O)OC(C)(C)C)C(=O)OCCOCCOc1cc2ncn(-c3ccc(C#N)cn3)c2nc1NC1CCOCC1. The maximum Gasteiger partial charge on any atom is 0.408 e. The van der Waals surface area contributed by atoms with E-state index in [2.05, 4.69) is 26.7 Å². The second-order valence-electron chi connectivity index (χ2n) is 13.8. The van der Waals surface area contributed by atoms with Crippen molar-refractivity contribution in [3.05, 3.63) is 36.3 Å². The Kier molecular flexibility index (Phi) is 13.5. The number of aromatic nitrogens is 4. The average molecular weight is 710 g/mol. The van der Waals surface area contributed by atoms with Gasteiger partial charge in [-0.15, -0.1) is 0 Å². The third-order valence-electron chi connectivity index (χ3n) is 7.16. The van der Waals surface area contributed by atoms with E-state index in [-0.39, 0.29) is 45.3 Å². The van der Waals surface area contributed by atoms with E-state index in [1.807, 2.05) is 0 Å². The molecule has 16 nitrogen and oxygen atoms in total. The van der Waals surface area contributed by atoms with Crippen molar-refractivity contribution in [2.45, 2.75) is 90.5 Å². The van der Waals surface area contributed by atoms with Crippen LogP contribution in [0.25, 0.3) is 17.0 Å². The van der Waals surface area contributed by atoms with Gasteiger partial charge in [-0.25, -0.2) is 24.5 Å². The quantitative estimate of drug-likeness (QED) is 0.129. The van der Waals surface area contributed by atoms with Gasteiger partial charge in [-0.2, -0.15) is 5.26 Å². The van der Waals surface area contributed by atoms with Gasteiger partial charge in [-0.05, 0) is 72.9 Å². The number of nitrogens with zero attached hydrogens (tertiary/aromatic N) is 5. The minimum Gasteiger partial charge on any atom is -0.487 e. The second kappa shape index (κ2) is 17.8. The number of carbonyl (C=O) groups is 3. The number of esters is 2. The highest BCUT2D eigenvalue weighted by atomic mass is 16.6. The van der Waals surface area contributed by atoms with Gasteiger partial charge in [0.05, 0.1) is 18.8 Å². The fourth-order valence-corrected chi connectivity index (χ4v) is 4.90. The van der Waals surface area contributed by atoms with Gasteiger partial charge in [0.2, 0.25) is 0 Å². The summed E-state index contributed by atoms with van der Waals surface area (Å²) in [5.41, 5.74) is 0.130. The lowest BCUT2D eigenvalue weighted by Crippen LogP contribution is -2.45. The van der Waals surface area contributed by atoms with Crippen molar-refractivity contribution >= 4 is 35.0 Å². The first-order valence-electron chi connectivity index (χ1n) is 16.9. The molecule has 1 aliphatic heterocycles. The predicted molar refractivity (Wildman–Crippen MR) is 184 cm³/mol. The third kappa shape index (κ3) is 12.7. The van der Waals surface area contributed by atoms with Crippen LogP contribution in [0, 0.1) is 11.3 Å². The summed E-state index contributed by atoms with van der Waals surface area (Å²) in [6.45, 7) is 11.9. The number of imidazole rings is 1. The number of fused-ring (bicyclic) bond motifs is 1. The Labute approximate surface area is 297 Å². The first-order valence-corrected chi connectivity index (χ1v) is 16.9. The lowest BCUT2D eigenvalue weighted by Gasteiger charge is -2.24. The van der Waals surface area contributed by atoms with Crippen molar-refractivity contribution in [3.8, 4) is 17.6 Å². The molecule has 51 heavy (non-hydrogen) atoms. The van der Waals surface area contributed by atoms with Crippen molar-refractivity contribution in [1.29, 1.82) is 5.26 Å². The molecule has 1 saturated heterocycles. The molecule has 1 amide bonds. The topological polar surface area (TPSA) is 198 Å². The van der Waals surface area contributed by atoms with Gasteiger partial charge in [0.15, 0.2) is 17.2 Å². The van der Waals surface area contributed by atoms with Crippen molar-refractivity contribution < 1.29 is 42.8 Å². The molecular weight excluding hydrogens is 662 g/mol. The number of hydrogen-bond donors (Lipinski definition) is 2. The van der Waals surface area contributed by atoms with E-state index in [0.717, 1.165) is 12.8 Å². The van der Waals surface area contributed by atoms with Crippen LogP contribution in [0.15, 0.2) is 30.7 Å². The number of hydrogen-bond acceptors (Lipinski definition) is 14. The minimum absolute atomic E-state index is 0.0352. The lowest BCUT2D eigenvalue weighted by atomic mass is 10.1. The van der Waals surface area contributed by atoms with Crippen LogP contribution in [0.2, 0.25) is 0 Å². The Morgan fingerprint density at radius 3 is 2.41 bits per heavy atom. The minimum atomic E-state index is -1.13. The van der Waals surface area contributed by atoms with E-state index < -0.39 is 35.3 Å². The third-order valence-corrected chi connectivity index (χ3v) is 7.16. The Balaban J connectivity index is 1.31. The zero-order valence-corrected chi connectivity index (χ0v) is 30.0. The van der Waals surface area contributed by atoms with Gasteiger partial charge in [-0.1, -0.05) is 0 Å². The van der Waals surface area contributed by atoms with E-state index in [4.69, 9.17) is 38.7 Å². The molecule has 2 N–H and O–H groups in total. The summed E-state index contributed by atoms with van der Waals surface area (Å²) < 4.78 is 34.9. The van der Waals surface area contributed by atoms with E-state index >= 15 is 0 Å². The standard InChI is InChI=1S/C35H47N7O9/c1-34(2,3)50-29(43)10-8-25(40-33(45)51-35(4,5)6)32(44)49-18-16-47-15-17-48-27-19-26-31(41-30(27)39-24-11-13-46-14-12-24)42(22-38-26)28-9-7-23(20-36)21-37-28/h7,9,19,21-22,24-25H,8,10-18H2,1-6H3,(H,39,41)(H,40,45).